The van der Waals surface area contributed by atoms with Crippen molar-refractivity contribution in [1.29, 1.82) is 0 Å². The molecular weight excluding hydrogens is 217 g/mol. The van der Waals surface area contributed by atoms with Crippen LogP contribution in [0.25, 0.3) is 0 Å². The van der Waals surface area contributed by atoms with Gasteiger partial charge in [-0.2, -0.15) is 12.8 Å². The van der Waals surface area contributed by atoms with Gasteiger partial charge in [-0.25, -0.2) is 0 Å². The molecule has 0 amide bonds. The summed E-state index contributed by atoms with van der Waals surface area (Å²) in [5.41, 5.74) is 1.10. The van der Waals surface area contributed by atoms with Crippen LogP contribution in [0.3, 0.4) is 0 Å². The fourth-order valence-electron chi connectivity index (χ4n) is 0.894. The molecule has 0 aromatic heterocycles. The summed E-state index contributed by atoms with van der Waals surface area (Å²) >= 11 is 0. The molecule has 0 aliphatic carbocycles. The number of hydrogen-bond acceptors (Lipinski definition) is 5. The first-order valence-corrected chi connectivity index (χ1v) is 5.14. The van der Waals surface area contributed by atoms with Crippen molar-refractivity contribution >= 4 is 18.2 Å². The van der Waals surface area contributed by atoms with Gasteiger partial charge in [0.2, 0.25) is 0 Å². The van der Waals surface area contributed by atoms with Gasteiger partial charge in [-0.15, -0.1) is 0 Å². The van der Waals surface area contributed by atoms with Crippen LogP contribution in [0.5, 0.6) is 0 Å². The Morgan fingerprint density at radius 2 is 1.73 bits per heavy atom. The number of benzene rings is 1. The molecule has 15 heavy (non-hydrogen) atoms. The Hall–Kier alpha value is -1.18. The van der Waals surface area contributed by atoms with Crippen molar-refractivity contribution in [3.63, 3.8) is 0 Å². The fourth-order valence-corrected chi connectivity index (χ4v) is 1.13. The highest BCUT2D eigenvalue weighted by Crippen LogP contribution is 1.98. The third-order valence-corrected chi connectivity index (χ3v) is 1.83. The van der Waals surface area contributed by atoms with Gasteiger partial charge in [0.05, 0.1) is 6.54 Å². The zero-order valence-corrected chi connectivity index (χ0v) is 8.76. The van der Waals surface area contributed by atoms with Gasteiger partial charge in [-0.1, -0.05) is 30.3 Å². The maximum Gasteiger partial charge on any atom is 0.482 e. The van der Waals surface area contributed by atoms with E-state index in [-0.39, 0.29) is 7.69 Å². The molecule has 0 saturated carbocycles. The lowest BCUT2D eigenvalue weighted by Gasteiger charge is -1.93. The molecule has 81 valence electrons. The average Bonchev–Trinajstić information content (AvgIpc) is 2.20. The summed E-state index contributed by atoms with van der Waals surface area (Å²) in [6.07, 6.45) is 0.675. The summed E-state index contributed by atoms with van der Waals surface area (Å²) in [5.74, 6) is 0. The summed E-state index contributed by atoms with van der Waals surface area (Å²) < 4.78 is 23.4. The largest absolute Gasteiger partial charge is 0.482 e. The van der Waals surface area contributed by atoms with E-state index in [1.54, 1.807) is 0 Å². The molecular formula is C8H11BNO4S. The van der Waals surface area contributed by atoms with Gasteiger partial charge >= 0.3 is 18.2 Å². The molecule has 1 rings (SSSR count). The van der Waals surface area contributed by atoms with Crippen molar-refractivity contribution in [3.05, 3.63) is 35.9 Å². The van der Waals surface area contributed by atoms with Gasteiger partial charge in [0, 0.05) is 0 Å². The Bertz CT molecular complexity index is 371. The van der Waals surface area contributed by atoms with Crippen LogP contribution >= 0.6 is 0 Å². The van der Waals surface area contributed by atoms with Crippen LogP contribution in [-0.2, 0) is 16.9 Å². The maximum atomic E-state index is 10.0. The van der Waals surface area contributed by atoms with Crippen LogP contribution in [0.2, 0.25) is 0 Å². The third-order valence-electron chi connectivity index (χ3n) is 1.44. The SMILES string of the molecule is O=S(=O)=NCCc1ccccc1.O[B]O. The van der Waals surface area contributed by atoms with E-state index in [9.17, 15) is 8.42 Å². The van der Waals surface area contributed by atoms with Crippen molar-refractivity contribution in [2.45, 2.75) is 6.42 Å². The van der Waals surface area contributed by atoms with Gasteiger partial charge < -0.3 is 10.0 Å². The van der Waals surface area contributed by atoms with Crippen LogP contribution in [0.15, 0.2) is 34.7 Å². The molecule has 0 fully saturated rings. The molecule has 0 unspecified atom stereocenters. The number of nitrogens with zero attached hydrogens (tertiary/aromatic N) is 1. The standard InChI is InChI=1S/C8H9NO2S.BH2O2/c10-12(11)9-7-6-8-4-2-1-3-5-8;2-1-3/h1-5H,6-7H2;2-3H. The van der Waals surface area contributed by atoms with E-state index in [0.29, 0.717) is 13.0 Å². The smallest absolute Gasteiger partial charge is 0.429 e. The monoisotopic (exact) mass is 228 g/mol. The predicted octanol–water partition coefficient (Wildman–Crippen LogP) is -0.203. The molecule has 1 aromatic carbocycles. The van der Waals surface area contributed by atoms with Crippen molar-refractivity contribution in [3.8, 4) is 0 Å². The minimum absolute atomic E-state index is 0. The summed E-state index contributed by atoms with van der Waals surface area (Å²) in [4.78, 5) is 0. The average molecular weight is 228 g/mol. The first kappa shape index (κ1) is 13.8. The highest BCUT2D eigenvalue weighted by atomic mass is 32.2. The van der Waals surface area contributed by atoms with E-state index in [1.807, 2.05) is 30.3 Å². The molecule has 7 heteroatoms. The quantitative estimate of drug-likeness (QED) is 0.701. The summed E-state index contributed by atoms with van der Waals surface area (Å²) in [5, 5.41) is 14.0. The fraction of sp³-hybridized carbons (Fsp3) is 0.250. The van der Waals surface area contributed by atoms with Crippen molar-refractivity contribution in [2.24, 2.45) is 4.36 Å². The van der Waals surface area contributed by atoms with E-state index in [0.717, 1.165) is 5.56 Å². The second kappa shape index (κ2) is 9.38. The van der Waals surface area contributed by atoms with E-state index in [1.165, 1.54) is 0 Å². The Morgan fingerprint density at radius 3 is 2.20 bits per heavy atom. The second-order valence-corrected chi connectivity index (χ2v) is 3.11. The number of rotatable bonds is 3. The minimum atomic E-state index is -2.26. The van der Waals surface area contributed by atoms with Gasteiger partial charge in [0.25, 0.3) is 0 Å². The Kier molecular flexibility index (Phi) is 8.65. The Labute approximate surface area is 90.4 Å². The summed E-state index contributed by atoms with van der Waals surface area (Å²) in [6.45, 7) is 0.333. The number of hydrogen-bond donors (Lipinski definition) is 2. The van der Waals surface area contributed by atoms with Gasteiger partial charge in [-0.3, -0.25) is 0 Å². The Morgan fingerprint density at radius 1 is 1.20 bits per heavy atom. The zero-order valence-electron chi connectivity index (χ0n) is 7.94. The van der Waals surface area contributed by atoms with E-state index < -0.39 is 10.5 Å². The molecule has 0 bridgehead atoms. The molecule has 0 spiro atoms. The van der Waals surface area contributed by atoms with Gasteiger partial charge in [0.15, 0.2) is 0 Å². The molecule has 1 radical (unpaired) electrons. The topological polar surface area (TPSA) is 87.0 Å². The highest BCUT2D eigenvalue weighted by Gasteiger charge is 1.88. The maximum absolute atomic E-state index is 10.0. The first-order valence-electron chi connectivity index (χ1n) is 4.11. The van der Waals surface area contributed by atoms with E-state index >= 15 is 0 Å². The molecule has 0 aliphatic rings. The lowest BCUT2D eigenvalue weighted by atomic mass is 10.2. The van der Waals surface area contributed by atoms with E-state index in [4.69, 9.17) is 10.0 Å². The van der Waals surface area contributed by atoms with Crippen LogP contribution in [0.4, 0.5) is 0 Å². The van der Waals surface area contributed by atoms with Crippen LogP contribution < -0.4 is 0 Å². The predicted molar refractivity (Wildman–Crippen MR) is 56.6 cm³/mol. The van der Waals surface area contributed by atoms with Crippen LogP contribution in [0, 0.1) is 0 Å². The Balaban J connectivity index is 0.000000583. The second-order valence-electron chi connectivity index (χ2n) is 2.42. The minimum Gasteiger partial charge on any atom is -0.429 e. The van der Waals surface area contributed by atoms with Crippen LogP contribution in [-0.4, -0.2) is 32.7 Å². The van der Waals surface area contributed by atoms with E-state index in [2.05, 4.69) is 4.36 Å². The molecule has 0 aliphatic heterocycles. The van der Waals surface area contributed by atoms with Gasteiger partial charge in [0.1, 0.15) is 0 Å². The molecule has 2 N–H and O–H groups in total. The lowest BCUT2D eigenvalue weighted by Crippen LogP contribution is -1.87. The first-order chi connectivity index (χ1) is 7.20. The summed E-state index contributed by atoms with van der Waals surface area (Å²) in [6, 6.07) is 9.66. The van der Waals surface area contributed by atoms with Crippen molar-refractivity contribution in [2.75, 3.05) is 6.54 Å². The zero-order chi connectivity index (χ0) is 11.5. The van der Waals surface area contributed by atoms with Crippen molar-refractivity contribution < 1.29 is 18.5 Å². The molecule has 0 saturated heterocycles. The molecule has 0 heterocycles. The van der Waals surface area contributed by atoms with Crippen LogP contribution in [0.1, 0.15) is 5.56 Å². The normalized spacial score (nSPS) is 8.40. The molecule has 0 atom stereocenters. The molecule has 5 nitrogen and oxygen atoms in total. The lowest BCUT2D eigenvalue weighted by molar-refractivity contribution is 0.448. The third kappa shape index (κ3) is 9.14. The van der Waals surface area contributed by atoms with Gasteiger partial charge in [-0.05, 0) is 12.0 Å². The highest BCUT2D eigenvalue weighted by molar-refractivity contribution is 7.61. The van der Waals surface area contributed by atoms with Crippen molar-refractivity contribution in [1.82, 2.24) is 0 Å². The summed E-state index contributed by atoms with van der Waals surface area (Å²) in [7, 11) is -2.26. The molecule has 1 aromatic rings.